The predicted molar refractivity (Wildman–Crippen MR) is 178 cm³/mol. The highest BCUT2D eigenvalue weighted by atomic mass is 16.5. The standard InChI is InChI=1S/C37H47N5O4/c1-45-34-12-6-5-11-31(34)32-24-35(43)41(27-38-32)25-29-13-17-40(26-37(29)15-7-8-16-37)36(44)42-18-14-30(39-19-21-46-22-20-39)23-33(42)28-9-3-2-4-10-28/h2-6,9-12,24,27,29-30,33H,7-8,13-23,25-26H2,1H3/t29-,30+,33-/m0/s1. The fraction of sp³-hybridized carbons (Fsp3) is 0.541. The number of ether oxygens (including phenoxy) is 2. The fourth-order valence-electron chi connectivity index (χ4n) is 8.73. The summed E-state index contributed by atoms with van der Waals surface area (Å²) in [5.41, 5.74) is 2.65. The van der Waals surface area contributed by atoms with Crippen molar-refractivity contribution in [1.82, 2.24) is 24.3 Å². The Labute approximate surface area is 272 Å². The number of piperidine rings is 2. The Morgan fingerprint density at radius 1 is 0.978 bits per heavy atom. The third-order valence-corrected chi connectivity index (χ3v) is 11.2. The van der Waals surface area contributed by atoms with Crippen molar-refractivity contribution in [2.75, 3.05) is 53.0 Å². The monoisotopic (exact) mass is 625 g/mol. The van der Waals surface area contributed by atoms with Gasteiger partial charge in [0.2, 0.25) is 0 Å². The number of morpholine rings is 1. The highest BCUT2D eigenvalue weighted by Crippen LogP contribution is 2.49. The maximum Gasteiger partial charge on any atom is 0.320 e. The second kappa shape index (κ2) is 13.6. The summed E-state index contributed by atoms with van der Waals surface area (Å²) in [6.45, 7) is 6.42. The first-order chi connectivity index (χ1) is 22.5. The Morgan fingerprint density at radius 2 is 1.74 bits per heavy atom. The van der Waals surface area contributed by atoms with Crippen molar-refractivity contribution in [2.24, 2.45) is 11.3 Å². The topological polar surface area (TPSA) is 80.1 Å². The largest absolute Gasteiger partial charge is 0.496 e. The lowest BCUT2D eigenvalue weighted by molar-refractivity contribution is -0.0128. The zero-order valence-corrected chi connectivity index (χ0v) is 27.1. The molecule has 0 bridgehead atoms. The van der Waals surface area contributed by atoms with Crippen LogP contribution in [0.5, 0.6) is 5.75 Å². The number of aromatic nitrogens is 2. The number of likely N-dealkylation sites (tertiary alicyclic amines) is 2. The van der Waals surface area contributed by atoms with Gasteiger partial charge >= 0.3 is 6.03 Å². The average molecular weight is 626 g/mol. The average Bonchev–Trinajstić information content (AvgIpc) is 3.58. The van der Waals surface area contributed by atoms with Gasteiger partial charge in [-0.25, -0.2) is 9.78 Å². The molecule has 9 nitrogen and oxygen atoms in total. The van der Waals surface area contributed by atoms with Crippen molar-refractivity contribution in [3.63, 3.8) is 0 Å². The minimum absolute atomic E-state index is 0.0308. The number of hydrogen-bond acceptors (Lipinski definition) is 6. The number of benzene rings is 2. The van der Waals surface area contributed by atoms with Crippen molar-refractivity contribution < 1.29 is 14.3 Å². The molecule has 7 rings (SSSR count). The van der Waals surface area contributed by atoms with Crippen LogP contribution in [0.25, 0.3) is 11.3 Å². The van der Waals surface area contributed by atoms with Crippen LogP contribution in [0.15, 0.2) is 71.8 Å². The molecular weight excluding hydrogens is 578 g/mol. The molecule has 9 heteroatoms. The summed E-state index contributed by atoms with van der Waals surface area (Å²) in [5.74, 6) is 1.03. The van der Waals surface area contributed by atoms with Gasteiger partial charge in [-0.05, 0) is 61.1 Å². The first-order valence-electron chi connectivity index (χ1n) is 17.2. The summed E-state index contributed by atoms with van der Waals surface area (Å²) in [7, 11) is 1.63. The van der Waals surface area contributed by atoms with Crippen LogP contribution in [-0.2, 0) is 11.3 Å². The van der Waals surface area contributed by atoms with Crippen LogP contribution in [0.2, 0.25) is 0 Å². The van der Waals surface area contributed by atoms with Gasteiger partial charge in [0.25, 0.3) is 5.56 Å². The van der Waals surface area contributed by atoms with Crippen LogP contribution in [0, 0.1) is 11.3 Å². The number of urea groups is 1. The van der Waals surface area contributed by atoms with E-state index in [4.69, 9.17) is 9.47 Å². The number of rotatable bonds is 6. The van der Waals surface area contributed by atoms with Gasteiger partial charge < -0.3 is 19.3 Å². The van der Waals surface area contributed by atoms with E-state index < -0.39 is 0 Å². The van der Waals surface area contributed by atoms with Crippen LogP contribution in [-0.4, -0.2) is 89.4 Å². The molecular formula is C37H47N5O4. The summed E-state index contributed by atoms with van der Waals surface area (Å²) in [6.07, 6.45) is 9.11. The number of carbonyl (C=O) groups is 1. The number of amides is 2. The van der Waals surface area contributed by atoms with Gasteiger partial charge in [-0.2, -0.15) is 0 Å². The lowest BCUT2D eigenvalue weighted by Crippen LogP contribution is -2.57. The predicted octanol–water partition coefficient (Wildman–Crippen LogP) is 5.46. The third kappa shape index (κ3) is 6.19. The van der Waals surface area contributed by atoms with E-state index in [2.05, 4.69) is 50.0 Å². The van der Waals surface area contributed by atoms with Gasteiger partial charge in [0.1, 0.15) is 5.75 Å². The molecule has 4 heterocycles. The molecule has 0 radical (unpaired) electrons. The molecule has 3 aromatic rings. The molecule has 2 amide bonds. The molecule has 0 unspecified atom stereocenters. The van der Waals surface area contributed by atoms with E-state index >= 15 is 0 Å². The van der Waals surface area contributed by atoms with Crippen molar-refractivity contribution in [3.05, 3.63) is 82.9 Å². The Hall–Kier alpha value is -3.69. The van der Waals surface area contributed by atoms with Crippen molar-refractivity contribution >= 4 is 6.03 Å². The Morgan fingerprint density at radius 3 is 2.50 bits per heavy atom. The molecule has 4 fully saturated rings. The number of carbonyl (C=O) groups excluding carboxylic acids is 1. The lowest BCUT2D eigenvalue weighted by atomic mass is 9.69. The van der Waals surface area contributed by atoms with E-state index in [0.717, 1.165) is 83.6 Å². The van der Waals surface area contributed by atoms with E-state index in [9.17, 15) is 9.59 Å². The molecule has 3 aliphatic heterocycles. The number of hydrogen-bond donors (Lipinski definition) is 0. The van der Waals surface area contributed by atoms with Crippen LogP contribution in [0.1, 0.15) is 56.6 Å². The number of para-hydroxylation sites is 1. The van der Waals surface area contributed by atoms with Gasteiger partial charge in [0.15, 0.2) is 0 Å². The zero-order valence-electron chi connectivity index (χ0n) is 27.1. The van der Waals surface area contributed by atoms with E-state index in [0.29, 0.717) is 29.9 Å². The minimum Gasteiger partial charge on any atom is -0.496 e. The number of nitrogens with zero attached hydrogens (tertiary/aromatic N) is 5. The molecule has 244 valence electrons. The summed E-state index contributed by atoms with van der Waals surface area (Å²) in [6, 6.07) is 20.6. The van der Waals surface area contributed by atoms with E-state index in [1.165, 1.54) is 18.4 Å². The number of methoxy groups -OCH3 is 1. The maximum absolute atomic E-state index is 14.4. The minimum atomic E-state index is -0.0450. The van der Waals surface area contributed by atoms with Crippen LogP contribution in [0.3, 0.4) is 0 Å². The molecule has 1 aliphatic carbocycles. The summed E-state index contributed by atoms with van der Waals surface area (Å²) in [4.78, 5) is 39.4. The van der Waals surface area contributed by atoms with E-state index in [1.54, 1.807) is 24.1 Å². The normalized spacial score (nSPS) is 25.1. The van der Waals surface area contributed by atoms with Crippen LogP contribution < -0.4 is 10.3 Å². The zero-order chi connectivity index (χ0) is 31.5. The van der Waals surface area contributed by atoms with Crippen molar-refractivity contribution in [2.45, 2.75) is 63.6 Å². The molecule has 3 atom stereocenters. The molecule has 4 aliphatic rings. The van der Waals surface area contributed by atoms with Crippen LogP contribution in [0.4, 0.5) is 4.79 Å². The van der Waals surface area contributed by atoms with Gasteiger partial charge in [-0.3, -0.25) is 14.3 Å². The fourth-order valence-corrected chi connectivity index (χ4v) is 8.73. The molecule has 3 saturated heterocycles. The highest BCUT2D eigenvalue weighted by molar-refractivity contribution is 5.75. The first kappa shape index (κ1) is 30.9. The van der Waals surface area contributed by atoms with Gasteiger partial charge in [-0.15, -0.1) is 0 Å². The molecule has 1 spiro atoms. The first-order valence-corrected chi connectivity index (χ1v) is 17.2. The SMILES string of the molecule is COc1ccccc1-c1cc(=O)n(C[C@@H]2CCN(C(=O)N3CC[C@@H](N4CCOCC4)C[C@H]3c3ccccc3)CC23CCCC3)cn1. The summed E-state index contributed by atoms with van der Waals surface area (Å²) >= 11 is 0. The second-order valence-electron chi connectivity index (χ2n) is 13.7. The highest BCUT2D eigenvalue weighted by Gasteiger charge is 2.48. The van der Waals surface area contributed by atoms with Crippen molar-refractivity contribution in [3.8, 4) is 17.0 Å². The molecule has 46 heavy (non-hydrogen) atoms. The molecule has 2 aromatic carbocycles. The Balaban J connectivity index is 1.08. The third-order valence-electron chi connectivity index (χ3n) is 11.2. The quantitative estimate of drug-likeness (QED) is 0.362. The Kier molecular flexibility index (Phi) is 9.13. The summed E-state index contributed by atoms with van der Waals surface area (Å²) < 4.78 is 12.9. The molecule has 0 N–H and O–H groups in total. The Bertz CT molecular complexity index is 1550. The maximum atomic E-state index is 14.4. The van der Waals surface area contributed by atoms with E-state index in [1.807, 2.05) is 24.3 Å². The molecule has 1 aromatic heterocycles. The molecule has 1 saturated carbocycles. The van der Waals surface area contributed by atoms with Crippen LogP contribution >= 0.6 is 0 Å². The smallest absolute Gasteiger partial charge is 0.320 e. The van der Waals surface area contributed by atoms with Gasteiger partial charge in [0, 0.05) is 56.9 Å². The second-order valence-corrected chi connectivity index (χ2v) is 13.7. The summed E-state index contributed by atoms with van der Waals surface area (Å²) in [5, 5.41) is 0. The van der Waals surface area contributed by atoms with E-state index in [-0.39, 0.29) is 23.0 Å². The van der Waals surface area contributed by atoms with Gasteiger partial charge in [-0.1, -0.05) is 55.3 Å². The van der Waals surface area contributed by atoms with Crippen molar-refractivity contribution in [1.29, 1.82) is 0 Å². The van der Waals surface area contributed by atoms with Gasteiger partial charge in [0.05, 0.1) is 38.4 Å². The lowest BCUT2D eigenvalue weighted by Gasteiger charge is -2.50.